The van der Waals surface area contributed by atoms with Crippen molar-refractivity contribution in [3.8, 4) is 0 Å². The second-order valence-electron chi connectivity index (χ2n) is 7.34. The summed E-state index contributed by atoms with van der Waals surface area (Å²) < 4.78 is 19.5. The second kappa shape index (κ2) is 8.67. The van der Waals surface area contributed by atoms with Gasteiger partial charge < -0.3 is 10.1 Å². The summed E-state index contributed by atoms with van der Waals surface area (Å²) in [6.07, 6.45) is 1.67. The normalized spacial score (nSPS) is 17.9. The van der Waals surface area contributed by atoms with Crippen molar-refractivity contribution in [1.29, 1.82) is 0 Å². The smallest absolute Gasteiger partial charge is 0.274 e. The van der Waals surface area contributed by atoms with Gasteiger partial charge in [-0.2, -0.15) is 0 Å². The van der Waals surface area contributed by atoms with Gasteiger partial charge in [-0.25, -0.2) is 9.87 Å². The van der Waals surface area contributed by atoms with Gasteiger partial charge in [0.05, 0.1) is 0 Å². The third-order valence-electron chi connectivity index (χ3n) is 5.45. The highest BCUT2D eigenvalue weighted by Crippen LogP contribution is 2.42. The summed E-state index contributed by atoms with van der Waals surface area (Å²) in [5, 5.41) is 11.4. The van der Waals surface area contributed by atoms with Crippen LogP contribution in [0.4, 0.5) is 10.1 Å². The third kappa shape index (κ3) is 4.19. The molecule has 1 atom stereocenters. The molecule has 1 heterocycles. The summed E-state index contributed by atoms with van der Waals surface area (Å²) in [7, 11) is 0. The Morgan fingerprint density at radius 3 is 1.94 bits per heavy atom. The largest absolute Gasteiger partial charge is 0.366 e. The molecule has 1 aliphatic rings. The Morgan fingerprint density at radius 1 is 0.839 bits per heavy atom. The highest BCUT2D eigenvalue weighted by molar-refractivity contribution is 6.04. The highest BCUT2D eigenvalue weighted by Gasteiger charge is 2.38. The number of benzene rings is 3. The van der Waals surface area contributed by atoms with Crippen LogP contribution in [-0.4, -0.2) is 23.6 Å². The number of amides is 2. The average Bonchev–Trinajstić information content (AvgIpc) is 3.31. The van der Waals surface area contributed by atoms with E-state index in [9.17, 15) is 14.0 Å². The molecule has 0 bridgehead atoms. The lowest BCUT2D eigenvalue weighted by Gasteiger charge is -2.30. The lowest BCUT2D eigenvalue weighted by Crippen LogP contribution is -2.26. The number of nitrogens with one attached hydrogen (secondary N) is 2. The standard InChI is InChI=1S/C24H21FN2O4/c25-20-10-8-19(9-11-20)24(14-1-15-31-24)18-6-2-16(3-7-18)22(28)26-21-12-4-17(5-13-21)23(29)27-30/h2-13,30H,1,14-15H2,(H,26,28)(H,27,29). The Balaban J connectivity index is 1.52. The van der Waals surface area contributed by atoms with Crippen molar-refractivity contribution in [3.63, 3.8) is 0 Å². The number of carbonyl (C=O) groups is 2. The second-order valence-corrected chi connectivity index (χ2v) is 7.34. The maximum Gasteiger partial charge on any atom is 0.274 e. The topological polar surface area (TPSA) is 87.7 Å². The molecule has 7 heteroatoms. The first kappa shape index (κ1) is 20.7. The molecule has 1 aliphatic heterocycles. The lowest BCUT2D eigenvalue weighted by molar-refractivity contribution is 0.0359. The van der Waals surface area contributed by atoms with Crippen LogP contribution in [0.5, 0.6) is 0 Å². The molecule has 1 saturated heterocycles. The van der Waals surface area contributed by atoms with Crippen LogP contribution in [0.2, 0.25) is 0 Å². The highest BCUT2D eigenvalue weighted by atomic mass is 19.1. The summed E-state index contributed by atoms with van der Waals surface area (Å²) in [5.74, 6) is -1.22. The van der Waals surface area contributed by atoms with Crippen molar-refractivity contribution in [2.45, 2.75) is 18.4 Å². The molecule has 31 heavy (non-hydrogen) atoms. The van der Waals surface area contributed by atoms with Crippen LogP contribution in [0.1, 0.15) is 44.7 Å². The minimum Gasteiger partial charge on any atom is -0.366 e. The van der Waals surface area contributed by atoms with Crippen molar-refractivity contribution < 1.29 is 23.9 Å². The van der Waals surface area contributed by atoms with Crippen molar-refractivity contribution in [2.24, 2.45) is 0 Å². The van der Waals surface area contributed by atoms with Gasteiger partial charge in [0.2, 0.25) is 0 Å². The maximum atomic E-state index is 13.4. The van der Waals surface area contributed by atoms with E-state index in [1.165, 1.54) is 24.3 Å². The van der Waals surface area contributed by atoms with E-state index in [4.69, 9.17) is 9.94 Å². The molecular weight excluding hydrogens is 399 g/mol. The molecule has 4 rings (SSSR count). The molecule has 0 radical (unpaired) electrons. The fourth-order valence-electron chi connectivity index (χ4n) is 3.84. The Morgan fingerprint density at radius 2 is 1.39 bits per heavy atom. The van der Waals surface area contributed by atoms with Gasteiger partial charge in [0.1, 0.15) is 11.4 Å². The van der Waals surface area contributed by atoms with E-state index in [-0.39, 0.29) is 17.3 Å². The number of hydrogen-bond donors (Lipinski definition) is 3. The van der Waals surface area contributed by atoms with Gasteiger partial charge in [-0.15, -0.1) is 0 Å². The molecule has 0 aliphatic carbocycles. The van der Waals surface area contributed by atoms with Gasteiger partial charge in [-0.3, -0.25) is 14.8 Å². The zero-order valence-corrected chi connectivity index (χ0v) is 16.6. The molecular formula is C24H21FN2O4. The molecule has 1 unspecified atom stereocenters. The van der Waals surface area contributed by atoms with Crippen LogP contribution < -0.4 is 10.8 Å². The minimum absolute atomic E-state index is 0.271. The number of rotatable bonds is 5. The molecule has 2 amide bonds. The number of carbonyl (C=O) groups excluding carboxylic acids is 2. The fraction of sp³-hybridized carbons (Fsp3) is 0.167. The van der Waals surface area contributed by atoms with Crippen LogP contribution in [-0.2, 0) is 10.3 Å². The first-order chi connectivity index (χ1) is 15.0. The maximum absolute atomic E-state index is 13.4. The summed E-state index contributed by atoms with van der Waals surface area (Å²) in [6, 6.07) is 19.6. The van der Waals surface area contributed by atoms with E-state index in [1.807, 2.05) is 12.1 Å². The predicted octanol–water partition coefficient (Wildman–Crippen LogP) is 4.25. The van der Waals surface area contributed by atoms with Gasteiger partial charge in [0, 0.05) is 23.4 Å². The summed E-state index contributed by atoms with van der Waals surface area (Å²) in [5.41, 5.74) is 3.96. The molecule has 3 aromatic carbocycles. The number of anilines is 1. The van der Waals surface area contributed by atoms with Gasteiger partial charge in [0.25, 0.3) is 11.8 Å². The van der Waals surface area contributed by atoms with Crippen LogP contribution >= 0.6 is 0 Å². The first-order valence-corrected chi connectivity index (χ1v) is 9.88. The molecule has 3 aromatic rings. The Kier molecular flexibility index (Phi) is 5.79. The zero-order chi connectivity index (χ0) is 21.8. The van der Waals surface area contributed by atoms with Crippen LogP contribution in [0.25, 0.3) is 0 Å². The average molecular weight is 420 g/mol. The molecule has 1 fully saturated rings. The van der Waals surface area contributed by atoms with Crippen molar-refractivity contribution >= 4 is 17.5 Å². The van der Waals surface area contributed by atoms with Gasteiger partial charge >= 0.3 is 0 Å². The minimum atomic E-state index is -0.647. The quantitative estimate of drug-likeness (QED) is 0.425. The lowest BCUT2D eigenvalue weighted by atomic mass is 9.83. The molecule has 6 nitrogen and oxygen atoms in total. The van der Waals surface area contributed by atoms with Crippen LogP contribution in [0.3, 0.4) is 0 Å². The SMILES string of the molecule is O=C(NO)c1ccc(NC(=O)c2ccc(C3(c4ccc(F)cc4)CCCO3)cc2)cc1. The molecule has 3 N–H and O–H groups in total. The van der Waals surface area contributed by atoms with E-state index >= 15 is 0 Å². The van der Waals surface area contributed by atoms with Gasteiger partial charge in [-0.1, -0.05) is 24.3 Å². The predicted molar refractivity (Wildman–Crippen MR) is 112 cm³/mol. The van der Waals surface area contributed by atoms with Crippen molar-refractivity contribution in [3.05, 3.63) is 101 Å². The van der Waals surface area contributed by atoms with E-state index in [1.54, 1.807) is 41.9 Å². The van der Waals surface area contributed by atoms with Crippen molar-refractivity contribution in [2.75, 3.05) is 11.9 Å². The first-order valence-electron chi connectivity index (χ1n) is 9.88. The number of ether oxygens (including phenoxy) is 1. The number of halogens is 1. The fourth-order valence-corrected chi connectivity index (χ4v) is 3.84. The van der Waals surface area contributed by atoms with Crippen LogP contribution in [0.15, 0.2) is 72.8 Å². The molecule has 0 saturated carbocycles. The molecule has 0 spiro atoms. The Labute approximate surface area is 178 Å². The van der Waals surface area contributed by atoms with E-state index < -0.39 is 11.5 Å². The molecule has 158 valence electrons. The van der Waals surface area contributed by atoms with Gasteiger partial charge in [0.15, 0.2) is 0 Å². The zero-order valence-electron chi connectivity index (χ0n) is 16.6. The van der Waals surface area contributed by atoms with Crippen LogP contribution in [0, 0.1) is 5.82 Å². The van der Waals surface area contributed by atoms with E-state index in [0.717, 1.165) is 24.0 Å². The van der Waals surface area contributed by atoms with Gasteiger partial charge in [-0.05, 0) is 72.5 Å². The summed E-state index contributed by atoms with van der Waals surface area (Å²) in [6.45, 7) is 0.615. The Bertz CT molecular complexity index is 1070. The summed E-state index contributed by atoms with van der Waals surface area (Å²) >= 11 is 0. The summed E-state index contributed by atoms with van der Waals surface area (Å²) in [4.78, 5) is 24.0. The van der Waals surface area contributed by atoms with Crippen molar-refractivity contribution in [1.82, 2.24) is 5.48 Å². The Hall–Kier alpha value is -3.55. The number of hydroxylamine groups is 1. The van der Waals surface area contributed by atoms with E-state index in [0.29, 0.717) is 17.9 Å². The monoisotopic (exact) mass is 420 g/mol. The van der Waals surface area contributed by atoms with E-state index in [2.05, 4.69) is 5.32 Å². The number of hydrogen-bond acceptors (Lipinski definition) is 4. The third-order valence-corrected chi connectivity index (χ3v) is 5.45. The molecule has 0 aromatic heterocycles.